The van der Waals surface area contributed by atoms with Crippen molar-refractivity contribution in [1.82, 2.24) is 9.96 Å². The first-order valence-electron chi connectivity index (χ1n) is 40.1. The molecule has 0 saturated carbocycles. The van der Waals surface area contributed by atoms with Gasteiger partial charge in [0, 0.05) is 56.9 Å². The molecule has 1 saturated heterocycles. The van der Waals surface area contributed by atoms with Crippen molar-refractivity contribution in [3.05, 3.63) is 80.6 Å². The summed E-state index contributed by atoms with van der Waals surface area (Å²) in [5.74, 6) is -2.23. The van der Waals surface area contributed by atoms with Crippen LogP contribution in [0.2, 0.25) is 0 Å². The first-order chi connectivity index (χ1) is 56.4. The third-order valence-corrected chi connectivity index (χ3v) is 18.3. The minimum atomic E-state index is -4.50. The summed E-state index contributed by atoms with van der Waals surface area (Å²) in [6, 6.07) is 0. The molecule has 1 fully saturated rings. The molecule has 0 aromatic heterocycles. The van der Waals surface area contributed by atoms with E-state index in [4.69, 9.17) is 123 Å². The number of imide groups is 1. The highest BCUT2D eigenvalue weighted by Gasteiger charge is 2.45. The number of allylic oxidation sites excluding steroid dienone is 12. The highest BCUT2D eigenvalue weighted by molar-refractivity contribution is 7.90. The van der Waals surface area contributed by atoms with Crippen molar-refractivity contribution in [2.24, 2.45) is 11.8 Å². The van der Waals surface area contributed by atoms with Crippen molar-refractivity contribution < 1.29 is 155 Å². The zero-order valence-corrected chi connectivity index (χ0v) is 68.8. The van der Waals surface area contributed by atoms with E-state index in [1.165, 1.54) is 6.08 Å². The van der Waals surface area contributed by atoms with Crippen LogP contribution in [0.15, 0.2) is 80.6 Å². The molecular formula is C79H130N2O33S. The number of hydrogen-bond donors (Lipinski definition) is 1. The quantitative estimate of drug-likeness (QED) is 0.0510. The van der Waals surface area contributed by atoms with Crippen molar-refractivity contribution >= 4 is 33.8 Å². The molecule has 0 spiro atoms. The standard InChI is InChI=1S/C79H130N2O33S/c1-66-63-72(70-10-11-71-73(115(86,87)88)64-67(2)69-9-8-68(66)78(70)79(69)71)113-65-76(84)80(14-6-4-5-7-77(85)114-81-74(82)12-13-75(81)83)15-16-90-19-20-92-23-24-94-27-28-96-31-32-98-35-36-100-39-40-102-43-44-104-47-48-106-51-52-108-55-56-110-59-60-112-62-61-111-58-57-109-54-53-107-50-49-105-46-45-103-42-41-101-38-37-99-34-33-97-30-29-95-26-25-93-22-21-91-18-17-89-3/h8-11,63-64,78-79H,4-7,12-62,65H2,1-3H3,(H,86,87,88). The predicted octanol–water partition coefficient (Wildman–Crippen LogP) is 4.01. The Balaban J connectivity index is 0.693. The van der Waals surface area contributed by atoms with E-state index in [1.807, 2.05) is 32.1 Å². The molecule has 115 heavy (non-hydrogen) atoms. The number of methoxy groups -OCH3 is 1. The summed E-state index contributed by atoms with van der Waals surface area (Å²) in [5.41, 5.74) is 4.88. The fourth-order valence-electron chi connectivity index (χ4n) is 11.5. The summed E-state index contributed by atoms with van der Waals surface area (Å²) in [6.45, 7) is 25.4. The molecule has 4 aliphatic carbocycles. The fraction of sp³-hybridized carbons (Fsp3) is 0.772. The van der Waals surface area contributed by atoms with Crippen LogP contribution in [0.1, 0.15) is 52.4 Å². The van der Waals surface area contributed by atoms with Crippen LogP contribution >= 0.6 is 0 Å². The summed E-state index contributed by atoms with van der Waals surface area (Å²) in [5, 5.41) is 0.531. The molecule has 0 bridgehead atoms. The van der Waals surface area contributed by atoms with Gasteiger partial charge in [0.2, 0.25) is 0 Å². The summed E-state index contributed by atoms with van der Waals surface area (Å²) < 4.78 is 174. The molecule has 36 heteroatoms. The Hall–Kier alpha value is -4.99. The van der Waals surface area contributed by atoms with Gasteiger partial charge in [0.1, 0.15) is 5.76 Å². The normalized spacial score (nSPS) is 15.9. The highest BCUT2D eigenvalue weighted by Crippen LogP contribution is 2.54. The van der Waals surface area contributed by atoms with Gasteiger partial charge in [0.05, 0.1) is 315 Å². The molecule has 1 aliphatic heterocycles. The van der Waals surface area contributed by atoms with Gasteiger partial charge in [-0.05, 0) is 66.7 Å². The molecule has 5 rings (SSSR count). The van der Waals surface area contributed by atoms with Crippen LogP contribution in [0.5, 0.6) is 0 Å². The fourth-order valence-corrected chi connectivity index (χ4v) is 12.3. The average molecular weight is 1670 g/mol. The molecule has 35 nitrogen and oxygen atoms in total. The Labute approximate surface area is 678 Å². The number of hydrogen-bond acceptors (Lipinski definition) is 32. The van der Waals surface area contributed by atoms with Crippen LogP contribution in [0.25, 0.3) is 0 Å². The SMILES string of the molecule is COCCOCCOCCOCCOCCOCCOCCOCCOCCOCCOCCOCCOCCOCCOCCOCCOCCOCCOCCOCCOCCOCCOCCOCCN(CCCCCC(=O)ON1C(=O)CCC1=O)C(=O)COC1=CC(C)=C2C=CC3=C(C)C=C(S(=O)(=O)O)C4=CC=C1C2C43. The predicted molar refractivity (Wildman–Crippen MR) is 414 cm³/mol. The van der Waals surface area contributed by atoms with Crippen molar-refractivity contribution in [3.63, 3.8) is 0 Å². The van der Waals surface area contributed by atoms with E-state index in [2.05, 4.69) is 0 Å². The van der Waals surface area contributed by atoms with E-state index >= 15 is 0 Å². The van der Waals surface area contributed by atoms with E-state index in [0.29, 0.717) is 340 Å². The van der Waals surface area contributed by atoms with Gasteiger partial charge in [-0.2, -0.15) is 8.42 Å². The number of hydroxylamine groups is 2. The summed E-state index contributed by atoms with van der Waals surface area (Å²) in [4.78, 5) is 56.6. The molecule has 0 aromatic carbocycles. The minimum Gasteiger partial charge on any atom is -0.483 e. The van der Waals surface area contributed by atoms with Gasteiger partial charge in [0.15, 0.2) is 6.61 Å². The van der Waals surface area contributed by atoms with Crippen molar-refractivity contribution in [1.29, 1.82) is 0 Å². The average Bonchev–Trinajstić information content (AvgIpc) is 1.00. The lowest BCUT2D eigenvalue weighted by molar-refractivity contribution is -0.197. The van der Waals surface area contributed by atoms with Gasteiger partial charge in [0.25, 0.3) is 27.8 Å². The van der Waals surface area contributed by atoms with Crippen LogP contribution in [0.3, 0.4) is 0 Å². The maximum Gasteiger partial charge on any atom is 0.333 e. The van der Waals surface area contributed by atoms with Gasteiger partial charge >= 0.3 is 5.97 Å². The zero-order valence-electron chi connectivity index (χ0n) is 68.0. The van der Waals surface area contributed by atoms with Crippen LogP contribution in [0, 0.1) is 11.8 Å². The lowest BCUT2D eigenvalue weighted by Crippen LogP contribution is -2.38. The lowest BCUT2D eigenvalue weighted by Gasteiger charge is -2.43. The Morgan fingerprint density at radius 3 is 0.965 bits per heavy atom. The number of carbonyl (C=O) groups excluding carboxylic acids is 4. The molecule has 3 amide bonds. The van der Waals surface area contributed by atoms with Crippen LogP contribution in [-0.2, 0) is 153 Å². The molecule has 0 aromatic rings. The monoisotopic (exact) mass is 1670 g/mol. The van der Waals surface area contributed by atoms with E-state index in [0.717, 1.165) is 27.9 Å². The molecule has 5 aliphatic rings. The van der Waals surface area contributed by atoms with Crippen LogP contribution in [0.4, 0.5) is 0 Å². The number of unbranched alkanes of at least 4 members (excludes halogenated alkanes) is 2. The van der Waals surface area contributed by atoms with Gasteiger partial charge in [-0.1, -0.05) is 30.7 Å². The van der Waals surface area contributed by atoms with Gasteiger partial charge in [-0.25, -0.2) is 4.79 Å². The molecule has 1 heterocycles. The molecule has 2 unspecified atom stereocenters. The Kier molecular flexibility index (Phi) is 59.2. The van der Waals surface area contributed by atoms with E-state index < -0.39 is 27.9 Å². The smallest absolute Gasteiger partial charge is 0.333 e. The maximum atomic E-state index is 13.9. The minimum absolute atomic E-state index is 0.00613. The highest BCUT2D eigenvalue weighted by atomic mass is 32.2. The molecule has 660 valence electrons. The summed E-state index contributed by atoms with van der Waals surface area (Å²) in [6.07, 6.45) is 12.4. The Bertz CT molecular complexity index is 2930. The second kappa shape index (κ2) is 67.7. The molecule has 2 atom stereocenters. The molecule has 0 radical (unpaired) electrons. The van der Waals surface area contributed by atoms with Gasteiger partial charge in [-0.15, -0.1) is 5.06 Å². The van der Waals surface area contributed by atoms with Crippen LogP contribution < -0.4 is 0 Å². The van der Waals surface area contributed by atoms with Gasteiger partial charge in [-0.3, -0.25) is 18.9 Å². The third kappa shape index (κ3) is 47.6. The number of ether oxygens (including phenoxy) is 25. The molecule has 1 N–H and O–H groups in total. The van der Waals surface area contributed by atoms with E-state index in [9.17, 15) is 32.1 Å². The van der Waals surface area contributed by atoms with Crippen molar-refractivity contribution in [2.75, 3.05) is 337 Å². The lowest BCUT2D eigenvalue weighted by atomic mass is 9.62. The topological polar surface area (TPSA) is 369 Å². The first-order valence-corrected chi connectivity index (χ1v) is 41.5. The van der Waals surface area contributed by atoms with E-state index in [-0.39, 0.29) is 68.3 Å². The van der Waals surface area contributed by atoms with Crippen molar-refractivity contribution in [3.8, 4) is 0 Å². The van der Waals surface area contributed by atoms with E-state index in [1.54, 1.807) is 24.2 Å². The Morgan fingerprint density at radius 2 is 0.661 bits per heavy atom. The molecular weight excluding hydrogens is 1540 g/mol. The number of nitrogens with zero attached hydrogens (tertiary/aromatic N) is 2. The third-order valence-electron chi connectivity index (χ3n) is 17.3. The van der Waals surface area contributed by atoms with Crippen molar-refractivity contribution in [2.45, 2.75) is 52.4 Å². The number of carbonyl (C=O) groups is 4. The zero-order chi connectivity index (χ0) is 82.0. The Morgan fingerprint density at radius 1 is 0.383 bits per heavy atom. The largest absolute Gasteiger partial charge is 0.483 e. The summed E-state index contributed by atoms with van der Waals surface area (Å²) >= 11 is 0. The second-order valence-electron chi connectivity index (χ2n) is 25.9. The number of amides is 3. The second-order valence-corrected chi connectivity index (χ2v) is 27.3. The maximum absolute atomic E-state index is 13.9. The summed E-state index contributed by atoms with van der Waals surface area (Å²) in [7, 11) is -2.86. The first kappa shape index (κ1) is 101. The number of rotatable bonds is 83. The van der Waals surface area contributed by atoms with Crippen LogP contribution in [-0.4, -0.2) is 384 Å². The van der Waals surface area contributed by atoms with Gasteiger partial charge < -0.3 is 128 Å².